The lowest BCUT2D eigenvalue weighted by atomic mass is 10.0. The van der Waals surface area contributed by atoms with E-state index in [1.54, 1.807) is 11.3 Å². The highest BCUT2D eigenvalue weighted by Crippen LogP contribution is 2.20. The zero-order valence-electron chi connectivity index (χ0n) is 13.7. The van der Waals surface area contributed by atoms with Crippen molar-refractivity contribution in [2.24, 2.45) is 0 Å². The third kappa shape index (κ3) is 4.72. The van der Waals surface area contributed by atoms with Gasteiger partial charge in [-0.2, -0.15) is 0 Å². The van der Waals surface area contributed by atoms with Gasteiger partial charge in [0, 0.05) is 29.6 Å². The summed E-state index contributed by atoms with van der Waals surface area (Å²) in [5, 5.41) is 5.32. The van der Waals surface area contributed by atoms with Crippen LogP contribution < -0.4 is 10.1 Å². The number of hydrogen-bond donors (Lipinski definition) is 1. The van der Waals surface area contributed by atoms with Crippen molar-refractivity contribution >= 4 is 29.7 Å². The number of thiophene rings is 1. The van der Waals surface area contributed by atoms with E-state index >= 15 is 0 Å². The molecule has 0 bridgehead atoms. The fourth-order valence-corrected chi connectivity index (χ4v) is 3.44. The number of benzene rings is 1. The first kappa shape index (κ1) is 18.8. The number of ether oxygens (including phenoxy) is 1. The molecule has 1 amide bonds. The number of amides is 1. The van der Waals surface area contributed by atoms with E-state index in [1.807, 2.05) is 53.7 Å². The van der Waals surface area contributed by atoms with Gasteiger partial charge >= 0.3 is 0 Å². The molecule has 0 atom stereocenters. The molecule has 1 N–H and O–H groups in total. The van der Waals surface area contributed by atoms with E-state index in [4.69, 9.17) is 4.74 Å². The fourth-order valence-electron chi connectivity index (χ4n) is 2.82. The number of halogens is 1. The van der Waals surface area contributed by atoms with E-state index in [9.17, 15) is 4.79 Å². The van der Waals surface area contributed by atoms with E-state index in [1.165, 1.54) is 4.88 Å². The van der Waals surface area contributed by atoms with E-state index in [-0.39, 0.29) is 18.3 Å². The molecule has 1 aromatic heterocycles. The summed E-state index contributed by atoms with van der Waals surface area (Å²) in [4.78, 5) is 15.7. The molecule has 3 rings (SSSR count). The van der Waals surface area contributed by atoms with E-state index in [0.717, 1.165) is 31.7 Å². The quantitative estimate of drug-likeness (QED) is 0.879. The minimum Gasteiger partial charge on any atom is -0.488 e. The van der Waals surface area contributed by atoms with Gasteiger partial charge in [-0.1, -0.05) is 12.1 Å². The van der Waals surface area contributed by atoms with Crippen molar-refractivity contribution < 1.29 is 9.53 Å². The van der Waals surface area contributed by atoms with Gasteiger partial charge in [-0.05, 0) is 49.5 Å². The molecule has 1 aliphatic rings. The molecule has 2 aromatic rings. The summed E-state index contributed by atoms with van der Waals surface area (Å²) >= 11 is 1.67. The van der Waals surface area contributed by atoms with E-state index < -0.39 is 0 Å². The molecule has 2 heterocycles. The maximum atomic E-state index is 12.6. The number of carbonyl (C=O) groups excluding carboxylic acids is 1. The van der Waals surface area contributed by atoms with Crippen LogP contribution in [0.4, 0.5) is 0 Å². The molecule has 130 valence electrons. The highest BCUT2D eigenvalue weighted by Gasteiger charge is 2.22. The Balaban J connectivity index is 0.00000208. The minimum atomic E-state index is 0. The Kier molecular flexibility index (Phi) is 7.09. The first-order valence-corrected chi connectivity index (χ1v) is 8.86. The number of hydrogen-bond acceptors (Lipinski definition) is 4. The van der Waals surface area contributed by atoms with Crippen LogP contribution in [-0.2, 0) is 6.61 Å². The van der Waals surface area contributed by atoms with Crippen molar-refractivity contribution in [1.82, 2.24) is 10.2 Å². The van der Waals surface area contributed by atoms with Gasteiger partial charge in [0.1, 0.15) is 12.4 Å². The van der Waals surface area contributed by atoms with Crippen LogP contribution in [-0.4, -0.2) is 37.0 Å². The van der Waals surface area contributed by atoms with Crippen LogP contribution in [0.5, 0.6) is 5.75 Å². The Hall–Kier alpha value is -1.56. The second kappa shape index (κ2) is 9.06. The summed E-state index contributed by atoms with van der Waals surface area (Å²) in [5.74, 6) is 0.843. The van der Waals surface area contributed by atoms with Crippen LogP contribution in [0.1, 0.15) is 28.1 Å². The van der Waals surface area contributed by atoms with E-state index in [2.05, 4.69) is 5.32 Å². The predicted octanol–water partition coefficient (Wildman–Crippen LogP) is 3.57. The van der Waals surface area contributed by atoms with Crippen LogP contribution in [0, 0.1) is 0 Å². The highest BCUT2D eigenvalue weighted by molar-refractivity contribution is 7.09. The lowest BCUT2D eigenvalue weighted by Gasteiger charge is -2.31. The third-order valence-electron chi connectivity index (χ3n) is 4.23. The van der Waals surface area contributed by atoms with Gasteiger partial charge in [0.15, 0.2) is 0 Å². The van der Waals surface area contributed by atoms with Crippen LogP contribution in [0.3, 0.4) is 0 Å². The summed E-state index contributed by atoms with van der Waals surface area (Å²) in [6.07, 6.45) is 2.02. The van der Waals surface area contributed by atoms with Crippen LogP contribution >= 0.6 is 23.7 Å². The SMILES string of the molecule is CNC1CCN(C(=O)c2cccc(OCc3cccs3)c2)CC1.Cl. The lowest BCUT2D eigenvalue weighted by molar-refractivity contribution is 0.0707. The molecule has 4 nitrogen and oxygen atoms in total. The number of nitrogens with one attached hydrogen (secondary N) is 1. The average molecular weight is 367 g/mol. The van der Waals surface area contributed by atoms with Crippen LogP contribution in [0.2, 0.25) is 0 Å². The second-order valence-corrected chi connectivity index (χ2v) is 6.78. The Morgan fingerprint density at radius 1 is 1.29 bits per heavy atom. The zero-order chi connectivity index (χ0) is 16.1. The molecule has 0 unspecified atom stereocenters. The molecular weight excluding hydrogens is 344 g/mol. The molecule has 1 aromatic carbocycles. The lowest BCUT2D eigenvalue weighted by Crippen LogP contribution is -2.43. The maximum absolute atomic E-state index is 12.6. The maximum Gasteiger partial charge on any atom is 0.253 e. The fraction of sp³-hybridized carbons (Fsp3) is 0.389. The van der Waals surface area contributed by atoms with E-state index in [0.29, 0.717) is 18.2 Å². The molecule has 1 aliphatic heterocycles. The molecule has 0 radical (unpaired) electrons. The topological polar surface area (TPSA) is 41.6 Å². The van der Waals surface area contributed by atoms with Crippen molar-refractivity contribution in [1.29, 1.82) is 0 Å². The normalized spacial score (nSPS) is 15.0. The number of likely N-dealkylation sites (tertiary alicyclic amines) is 1. The van der Waals surface area contributed by atoms with Crippen molar-refractivity contribution in [3.8, 4) is 5.75 Å². The molecule has 6 heteroatoms. The number of piperidine rings is 1. The van der Waals surface area contributed by atoms with Crippen LogP contribution in [0.25, 0.3) is 0 Å². The van der Waals surface area contributed by atoms with Gasteiger partial charge in [-0.15, -0.1) is 23.7 Å². The summed E-state index contributed by atoms with van der Waals surface area (Å²) in [6, 6.07) is 12.1. The van der Waals surface area contributed by atoms with Crippen molar-refractivity contribution in [3.05, 3.63) is 52.2 Å². The van der Waals surface area contributed by atoms with Crippen molar-refractivity contribution in [2.45, 2.75) is 25.5 Å². The number of rotatable bonds is 5. The van der Waals surface area contributed by atoms with Crippen LogP contribution in [0.15, 0.2) is 41.8 Å². The predicted molar refractivity (Wildman–Crippen MR) is 100 cm³/mol. The molecule has 0 aliphatic carbocycles. The number of nitrogens with zero attached hydrogens (tertiary/aromatic N) is 1. The number of carbonyl (C=O) groups is 1. The summed E-state index contributed by atoms with van der Waals surface area (Å²) < 4.78 is 5.79. The molecular formula is C18H23ClN2O2S. The Bertz CT molecular complexity index is 640. The minimum absolute atomic E-state index is 0. The second-order valence-electron chi connectivity index (χ2n) is 5.75. The Morgan fingerprint density at radius 3 is 2.75 bits per heavy atom. The molecule has 24 heavy (non-hydrogen) atoms. The average Bonchev–Trinajstić information content (AvgIpc) is 3.13. The largest absolute Gasteiger partial charge is 0.488 e. The summed E-state index contributed by atoms with van der Waals surface area (Å²) in [7, 11) is 1.98. The molecule has 1 saturated heterocycles. The smallest absolute Gasteiger partial charge is 0.253 e. The summed E-state index contributed by atoms with van der Waals surface area (Å²) in [5.41, 5.74) is 0.705. The highest BCUT2D eigenvalue weighted by atomic mass is 35.5. The Morgan fingerprint density at radius 2 is 2.08 bits per heavy atom. The third-order valence-corrected chi connectivity index (χ3v) is 5.08. The molecule has 0 spiro atoms. The zero-order valence-corrected chi connectivity index (χ0v) is 15.4. The van der Waals surface area contributed by atoms with Gasteiger partial charge < -0.3 is 15.0 Å². The van der Waals surface area contributed by atoms with Gasteiger partial charge in [0.2, 0.25) is 0 Å². The molecule has 1 fully saturated rings. The van der Waals surface area contributed by atoms with Crippen molar-refractivity contribution in [3.63, 3.8) is 0 Å². The Labute approximate surface area is 153 Å². The van der Waals surface area contributed by atoms with Gasteiger partial charge in [-0.3, -0.25) is 4.79 Å². The van der Waals surface area contributed by atoms with Gasteiger partial charge in [0.25, 0.3) is 5.91 Å². The van der Waals surface area contributed by atoms with Gasteiger partial charge in [0.05, 0.1) is 0 Å². The first-order valence-electron chi connectivity index (χ1n) is 7.98. The first-order chi connectivity index (χ1) is 11.3. The standard InChI is InChI=1S/C18H22N2O2S.ClH/c1-19-15-7-9-20(10-8-15)18(21)14-4-2-5-16(12-14)22-13-17-6-3-11-23-17;/h2-6,11-12,15,19H,7-10,13H2,1H3;1H. The molecule has 0 saturated carbocycles. The summed E-state index contributed by atoms with van der Waals surface area (Å²) in [6.45, 7) is 2.16. The van der Waals surface area contributed by atoms with Crippen molar-refractivity contribution in [2.75, 3.05) is 20.1 Å². The monoisotopic (exact) mass is 366 g/mol. The van der Waals surface area contributed by atoms with Gasteiger partial charge in [-0.25, -0.2) is 0 Å².